The Bertz CT molecular complexity index is 1890. The number of hydrogen-bond donors (Lipinski definition) is 3. The van der Waals surface area contributed by atoms with E-state index < -0.39 is 11.8 Å². The molecule has 3 amide bonds. The smallest absolute Gasteiger partial charge is 0.272 e. The van der Waals surface area contributed by atoms with Gasteiger partial charge < -0.3 is 25.4 Å². The highest BCUT2D eigenvalue weighted by molar-refractivity contribution is 8.00. The molecule has 8 nitrogen and oxygen atoms in total. The molecule has 1 heterocycles. The number of ether oxygens (including phenoxy) is 2. The minimum Gasteiger partial charge on any atom is -0.454 e. The van der Waals surface area contributed by atoms with Crippen LogP contribution in [0.1, 0.15) is 15.9 Å². The molecule has 9 heteroatoms. The Kier molecular flexibility index (Phi) is 9.41. The molecule has 0 aliphatic carbocycles. The van der Waals surface area contributed by atoms with Gasteiger partial charge in [-0.15, -0.1) is 11.8 Å². The fourth-order valence-electron chi connectivity index (χ4n) is 4.69. The fourth-order valence-corrected chi connectivity index (χ4v) is 5.45. The molecule has 5 aromatic rings. The Morgan fingerprint density at radius 2 is 1.37 bits per heavy atom. The lowest BCUT2D eigenvalue weighted by Crippen LogP contribution is -2.30. The van der Waals surface area contributed by atoms with Gasteiger partial charge in [-0.2, -0.15) is 0 Å². The van der Waals surface area contributed by atoms with E-state index in [0.29, 0.717) is 28.4 Å². The number of carbonyl (C=O) groups is 3. The molecule has 228 valence electrons. The summed E-state index contributed by atoms with van der Waals surface area (Å²) >= 11 is 1.33. The van der Waals surface area contributed by atoms with Gasteiger partial charge in [-0.3, -0.25) is 14.4 Å². The van der Waals surface area contributed by atoms with Crippen LogP contribution in [0.4, 0.5) is 11.4 Å². The van der Waals surface area contributed by atoms with Crippen molar-refractivity contribution in [1.29, 1.82) is 0 Å². The molecule has 1 aliphatic heterocycles. The zero-order chi connectivity index (χ0) is 31.7. The number of amides is 3. The van der Waals surface area contributed by atoms with Crippen molar-refractivity contribution in [1.82, 2.24) is 5.32 Å². The number of thioether (sulfide) groups is 1. The summed E-state index contributed by atoms with van der Waals surface area (Å²) in [4.78, 5) is 40.0. The van der Waals surface area contributed by atoms with Gasteiger partial charge in [0.1, 0.15) is 5.70 Å². The van der Waals surface area contributed by atoms with Crippen molar-refractivity contribution in [2.45, 2.75) is 4.90 Å². The van der Waals surface area contributed by atoms with Crippen molar-refractivity contribution in [2.24, 2.45) is 0 Å². The minimum atomic E-state index is -0.487. The predicted molar refractivity (Wildman–Crippen MR) is 181 cm³/mol. The van der Waals surface area contributed by atoms with E-state index in [1.165, 1.54) is 11.8 Å². The number of rotatable bonds is 10. The molecule has 0 atom stereocenters. The topological polar surface area (TPSA) is 106 Å². The van der Waals surface area contributed by atoms with E-state index in [0.717, 1.165) is 21.6 Å². The number of hydrogen-bond acceptors (Lipinski definition) is 6. The maximum absolute atomic E-state index is 13.5. The summed E-state index contributed by atoms with van der Waals surface area (Å²) in [5.41, 5.74) is 4.51. The van der Waals surface area contributed by atoms with Gasteiger partial charge in [0.05, 0.1) is 5.75 Å². The number of fused-ring (bicyclic) bond motifs is 1. The molecule has 0 saturated heterocycles. The van der Waals surface area contributed by atoms with Crippen LogP contribution in [0.3, 0.4) is 0 Å². The van der Waals surface area contributed by atoms with Gasteiger partial charge in [0.2, 0.25) is 12.7 Å². The standard InChI is InChI=1S/C37H29N3O5S/c41-35(38-30-18-19-33-34(22-30)45-24-44-33)23-46-31-13-7-12-29(21-31)39-37(43)32(40-36(42)28-10-5-2-6-11-28)20-25-14-16-27(17-15-25)26-8-3-1-4-9-26/h1-22H,23-24H2,(H,38,41)(H,39,43)(H,40,42)/b32-20+. The van der Waals surface area contributed by atoms with E-state index in [4.69, 9.17) is 9.47 Å². The predicted octanol–water partition coefficient (Wildman–Crippen LogP) is 7.22. The third kappa shape index (κ3) is 7.82. The molecule has 0 unspecified atom stereocenters. The Morgan fingerprint density at radius 3 is 2.15 bits per heavy atom. The first kappa shape index (κ1) is 30.2. The largest absolute Gasteiger partial charge is 0.454 e. The normalized spacial score (nSPS) is 11.9. The Morgan fingerprint density at radius 1 is 0.674 bits per heavy atom. The molecule has 0 radical (unpaired) electrons. The van der Waals surface area contributed by atoms with Crippen molar-refractivity contribution in [3.8, 4) is 22.6 Å². The van der Waals surface area contributed by atoms with Crippen LogP contribution < -0.4 is 25.4 Å². The van der Waals surface area contributed by atoms with Gasteiger partial charge >= 0.3 is 0 Å². The molecule has 0 fully saturated rings. The van der Waals surface area contributed by atoms with Crippen LogP contribution in [0, 0.1) is 0 Å². The highest BCUT2D eigenvalue weighted by Gasteiger charge is 2.17. The van der Waals surface area contributed by atoms with Crippen LogP contribution in [0.15, 0.2) is 138 Å². The third-order valence-electron chi connectivity index (χ3n) is 6.98. The lowest BCUT2D eigenvalue weighted by Gasteiger charge is -2.12. The highest BCUT2D eigenvalue weighted by Crippen LogP contribution is 2.34. The maximum Gasteiger partial charge on any atom is 0.272 e. The van der Waals surface area contributed by atoms with Crippen molar-refractivity contribution in [3.63, 3.8) is 0 Å². The second-order valence-electron chi connectivity index (χ2n) is 10.3. The minimum absolute atomic E-state index is 0.0856. The SMILES string of the molecule is O=C(CSc1cccc(NC(=O)/C(=C\c2ccc(-c3ccccc3)cc2)NC(=O)c2ccccc2)c1)Nc1ccc2c(c1)OCO2. The molecule has 0 saturated carbocycles. The van der Waals surface area contributed by atoms with Crippen molar-refractivity contribution in [2.75, 3.05) is 23.2 Å². The van der Waals surface area contributed by atoms with Gasteiger partial charge in [0, 0.05) is 27.9 Å². The molecular formula is C37H29N3O5S. The Hall–Kier alpha value is -5.80. The van der Waals surface area contributed by atoms with E-state index in [1.54, 1.807) is 66.7 Å². The summed E-state index contributed by atoms with van der Waals surface area (Å²) in [5.74, 6) is 0.310. The average molecular weight is 628 g/mol. The number of anilines is 2. The van der Waals surface area contributed by atoms with Crippen LogP contribution in [0.2, 0.25) is 0 Å². The highest BCUT2D eigenvalue weighted by atomic mass is 32.2. The van der Waals surface area contributed by atoms with Crippen LogP contribution in [-0.2, 0) is 9.59 Å². The van der Waals surface area contributed by atoms with Gasteiger partial charge in [-0.1, -0.05) is 78.9 Å². The number of benzene rings is 5. The first-order chi connectivity index (χ1) is 22.5. The van der Waals surface area contributed by atoms with E-state index >= 15 is 0 Å². The summed E-state index contributed by atoms with van der Waals surface area (Å²) < 4.78 is 10.7. The second kappa shape index (κ2) is 14.3. The van der Waals surface area contributed by atoms with Crippen LogP contribution in [-0.4, -0.2) is 30.3 Å². The second-order valence-corrected chi connectivity index (χ2v) is 11.3. The molecule has 46 heavy (non-hydrogen) atoms. The quantitative estimate of drug-likeness (QED) is 0.112. The summed E-state index contributed by atoms with van der Waals surface area (Å²) in [6.07, 6.45) is 1.64. The zero-order valence-electron chi connectivity index (χ0n) is 24.6. The fraction of sp³-hybridized carbons (Fsp3) is 0.0541. The first-order valence-electron chi connectivity index (χ1n) is 14.5. The van der Waals surface area contributed by atoms with Crippen LogP contribution in [0.25, 0.3) is 17.2 Å². The lowest BCUT2D eigenvalue weighted by molar-refractivity contribution is -0.114. The van der Waals surface area contributed by atoms with Crippen LogP contribution in [0.5, 0.6) is 11.5 Å². The van der Waals surface area contributed by atoms with Crippen molar-refractivity contribution >= 4 is 46.9 Å². The Labute approximate surface area is 270 Å². The molecular weight excluding hydrogens is 598 g/mol. The molecule has 1 aliphatic rings. The third-order valence-corrected chi connectivity index (χ3v) is 7.97. The maximum atomic E-state index is 13.5. The zero-order valence-corrected chi connectivity index (χ0v) is 25.4. The average Bonchev–Trinajstić information content (AvgIpc) is 3.56. The summed E-state index contributed by atoms with van der Waals surface area (Å²) in [6, 6.07) is 38.9. The van der Waals surface area contributed by atoms with Gasteiger partial charge in [-0.05, 0) is 65.2 Å². The molecule has 6 rings (SSSR count). The van der Waals surface area contributed by atoms with Gasteiger partial charge in [0.15, 0.2) is 11.5 Å². The van der Waals surface area contributed by atoms with E-state index in [1.807, 2.05) is 66.7 Å². The van der Waals surface area contributed by atoms with E-state index in [9.17, 15) is 14.4 Å². The van der Waals surface area contributed by atoms with E-state index in [-0.39, 0.29) is 24.2 Å². The lowest BCUT2D eigenvalue weighted by atomic mass is 10.0. The summed E-state index contributed by atoms with van der Waals surface area (Å²) in [5, 5.41) is 8.52. The Balaban J connectivity index is 1.14. The van der Waals surface area contributed by atoms with E-state index in [2.05, 4.69) is 16.0 Å². The number of carbonyl (C=O) groups excluding carboxylic acids is 3. The summed E-state index contributed by atoms with van der Waals surface area (Å²) in [6.45, 7) is 0.161. The van der Waals surface area contributed by atoms with Gasteiger partial charge in [-0.25, -0.2) is 0 Å². The molecule has 3 N–H and O–H groups in total. The number of nitrogens with one attached hydrogen (secondary N) is 3. The molecule has 0 bridgehead atoms. The molecule has 0 spiro atoms. The van der Waals surface area contributed by atoms with Crippen molar-refractivity contribution < 1.29 is 23.9 Å². The molecule has 5 aromatic carbocycles. The van der Waals surface area contributed by atoms with Crippen molar-refractivity contribution in [3.05, 3.63) is 144 Å². The van der Waals surface area contributed by atoms with Gasteiger partial charge in [0.25, 0.3) is 11.8 Å². The summed E-state index contributed by atoms with van der Waals surface area (Å²) in [7, 11) is 0. The molecule has 0 aromatic heterocycles. The van der Waals surface area contributed by atoms with Crippen LogP contribution >= 0.6 is 11.8 Å². The monoisotopic (exact) mass is 627 g/mol. The first-order valence-corrected chi connectivity index (χ1v) is 15.5.